The predicted molar refractivity (Wildman–Crippen MR) is 77.9 cm³/mol. The number of rotatable bonds is 2. The molecule has 0 atom stereocenters. The Morgan fingerprint density at radius 2 is 2.32 bits per heavy atom. The Balaban J connectivity index is 2.56. The van der Waals surface area contributed by atoms with Gasteiger partial charge >= 0.3 is 5.97 Å². The van der Waals surface area contributed by atoms with Crippen LogP contribution in [-0.4, -0.2) is 16.1 Å². The van der Waals surface area contributed by atoms with Crippen LogP contribution in [0.1, 0.15) is 22.2 Å². The Labute approximate surface area is 113 Å². The minimum atomic E-state index is -0.974. The van der Waals surface area contributed by atoms with Gasteiger partial charge in [-0.2, -0.15) is 0 Å². The largest absolute Gasteiger partial charge is 0.477 e. The van der Waals surface area contributed by atoms with Gasteiger partial charge in [-0.15, -0.1) is 11.3 Å². The molecule has 0 aliphatic rings. The standard InChI is InChI=1S/C14H12N2O2S/c1-2-7-6-9-8(4-3-5-16-9)10-11(15)13(14(17)18)19-12(7)10/h3-6H,2,15H2,1H3,(H,17,18). The molecular weight excluding hydrogens is 260 g/mol. The number of benzene rings is 1. The first-order valence-corrected chi connectivity index (χ1v) is 6.77. The summed E-state index contributed by atoms with van der Waals surface area (Å²) in [6, 6.07) is 5.78. The maximum absolute atomic E-state index is 11.2. The van der Waals surface area contributed by atoms with Gasteiger partial charge in [-0.05, 0) is 24.1 Å². The van der Waals surface area contributed by atoms with E-state index in [-0.39, 0.29) is 4.88 Å². The maximum atomic E-state index is 11.2. The fourth-order valence-corrected chi connectivity index (χ4v) is 3.49. The third-order valence-corrected chi connectivity index (χ3v) is 4.50. The van der Waals surface area contributed by atoms with Crippen LogP contribution in [0.3, 0.4) is 0 Å². The summed E-state index contributed by atoms with van der Waals surface area (Å²) in [5.41, 5.74) is 8.32. The molecule has 0 amide bonds. The molecule has 0 bridgehead atoms. The van der Waals surface area contributed by atoms with Crippen LogP contribution < -0.4 is 5.73 Å². The Kier molecular flexibility index (Phi) is 2.64. The molecule has 0 aliphatic carbocycles. The van der Waals surface area contributed by atoms with Gasteiger partial charge in [0.05, 0.1) is 11.2 Å². The number of carboxylic acid groups (broad SMARTS) is 1. The summed E-state index contributed by atoms with van der Waals surface area (Å²) in [4.78, 5) is 15.8. The molecule has 0 radical (unpaired) electrons. The lowest BCUT2D eigenvalue weighted by Crippen LogP contribution is -1.97. The average Bonchev–Trinajstić information content (AvgIpc) is 2.76. The zero-order valence-corrected chi connectivity index (χ0v) is 11.1. The lowest BCUT2D eigenvalue weighted by molar-refractivity contribution is 0.0703. The lowest BCUT2D eigenvalue weighted by Gasteiger charge is -2.04. The van der Waals surface area contributed by atoms with Gasteiger partial charge in [-0.3, -0.25) is 4.98 Å². The molecule has 5 heteroatoms. The molecule has 3 rings (SSSR count). The number of aromatic nitrogens is 1. The van der Waals surface area contributed by atoms with E-state index in [0.29, 0.717) is 5.69 Å². The van der Waals surface area contributed by atoms with Crippen molar-refractivity contribution < 1.29 is 9.90 Å². The van der Waals surface area contributed by atoms with E-state index in [4.69, 9.17) is 5.73 Å². The smallest absolute Gasteiger partial charge is 0.348 e. The average molecular weight is 272 g/mol. The van der Waals surface area contributed by atoms with Crippen molar-refractivity contribution in [1.29, 1.82) is 0 Å². The van der Waals surface area contributed by atoms with E-state index in [2.05, 4.69) is 4.98 Å². The molecular formula is C14H12N2O2S. The molecule has 3 aromatic rings. The van der Waals surface area contributed by atoms with Crippen molar-refractivity contribution in [2.24, 2.45) is 0 Å². The number of carboxylic acids is 1. The fraction of sp³-hybridized carbons (Fsp3) is 0.143. The Morgan fingerprint density at radius 3 is 3.00 bits per heavy atom. The van der Waals surface area contributed by atoms with Crippen molar-refractivity contribution in [1.82, 2.24) is 4.98 Å². The Bertz CT molecular complexity index is 808. The molecule has 2 aromatic heterocycles. The van der Waals surface area contributed by atoms with E-state index < -0.39 is 5.97 Å². The highest BCUT2D eigenvalue weighted by Gasteiger charge is 2.19. The summed E-state index contributed by atoms with van der Waals surface area (Å²) in [7, 11) is 0. The van der Waals surface area contributed by atoms with Gasteiger partial charge in [0.25, 0.3) is 0 Å². The summed E-state index contributed by atoms with van der Waals surface area (Å²) in [5.74, 6) is -0.974. The predicted octanol–water partition coefficient (Wildman–Crippen LogP) is 3.29. The lowest BCUT2D eigenvalue weighted by atomic mass is 10.0. The highest BCUT2D eigenvalue weighted by molar-refractivity contribution is 7.21. The Morgan fingerprint density at radius 1 is 1.53 bits per heavy atom. The van der Waals surface area contributed by atoms with Crippen molar-refractivity contribution >= 4 is 44.0 Å². The van der Waals surface area contributed by atoms with Gasteiger partial charge in [-0.1, -0.05) is 13.0 Å². The first-order chi connectivity index (χ1) is 9.13. The topological polar surface area (TPSA) is 76.2 Å². The summed E-state index contributed by atoms with van der Waals surface area (Å²) in [6.07, 6.45) is 2.55. The maximum Gasteiger partial charge on any atom is 0.348 e. The summed E-state index contributed by atoms with van der Waals surface area (Å²) < 4.78 is 0.956. The third kappa shape index (κ3) is 1.66. The number of anilines is 1. The molecule has 96 valence electrons. The van der Waals surface area contributed by atoms with Crippen LogP contribution in [0.25, 0.3) is 21.0 Å². The summed E-state index contributed by atoms with van der Waals surface area (Å²) in [5, 5.41) is 11.0. The number of fused-ring (bicyclic) bond motifs is 3. The molecule has 0 fully saturated rings. The van der Waals surface area contributed by atoms with E-state index in [1.165, 1.54) is 11.3 Å². The first kappa shape index (κ1) is 11.9. The van der Waals surface area contributed by atoms with Gasteiger partial charge in [0.15, 0.2) is 0 Å². The number of nitrogens with two attached hydrogens (primary N) is 1. The van der Waals surface area contributed by atoms with Crippen LogP contribution in [0, 0.1) is 0 Å². The zero-order chi connectivity index (χ0) is 13.6. The SMILES string of the molecule is CCc1cc2ncccc2c2c(N)c(C(=O)O)sc12. The Hall–Kier alpha value is -2.14. The molecule has 0 unspecified atom stereocenters. The number of carbonyl (C=O) groups is 1. The molecule has 1 aromatic carbocycles. The number of hydrogen-bond donors (Lipinski definition) is 2. The van der Waals surface area contributed by atoms with Crippen LogP contribution in [0.2, 0.25) is 0 Å². The van der Waals surface area contributed by atoms with Crippen molar-refractivity contribution in [3.63, 3.8) is 0 Å². The van der Waals surface area contributed by atoms with Gasteiger partial charge < -0.3 is 10.8 Å². The molecule has 0 spiro atoms. The van der Waals surface area contributed by atoms with E-state index in [9.17, 15) is 9.90 Å². The zero-order valence-electron chi connectivity index (χ0n) is 10.3. The summed E-state index contributed by atoms with van der Waals surface area (Å²) >= 11 is 1.25. The van der Waals surface area contributed by atoms with Gasteiger partial charge in [0.2, 0.25) is 0 Å². The second-order valence-corrected chi connectivity index (χ2v) is 5.33. The van der Waals surface area contributed by atoms with Gasteiger partial charge in [-0.25, -0.2) is 4.79 Å². The highest BCUT2D eigenvalue weighted by atomic mass is 32.1. The van der Waals surface area contributed by atoms with Crippen LogP contribution in [0.4, 0.5) is 5.69 Å². The van der Waals surface area contributed by atoms with Crippen molar-refractivity contribution in [2.45, 2.75) is 13.3 Å². The number of thiophene rings is 1. The number of aryl methyl sites for hydroxylation is 1. The molecule has 2 heterocycles. The number of hydrogen-bond acceptors (Lipinski definition) is 4. The van der Waals surface area contributed by atoms with Gasteiger partial charge in [0.1, 0.15) is 4.88 Å². The normalized spacial score (nSPS) is 11.2. The molecule has 0 saturated carbocycles. The summed E-state index contributed by atoms with van der Waals surface area (Å²) in [6.45, 7) is 2.04. The number of pyridine rings is 1. The number of nitrogen functional groups attached to an aromatic ring is 1. The molecule has 0 aliphatic heterocycles. The molecule has 3 N–H and O–H groups in total. The van der Waals surface area contributed by atoms with Crippen molar-refractivity contribution in [2.75, 3.05) is 5.73 Å². The van der Waals surface area contributed by atoms with Crippen molar-refractivity contribution in [3.8, 4) is 0 Å². The van der Waals surface area contributed by atoms with Crippen molar-refractivity contribution in [3.05, 3.63) is 34.8 Å². The first-order valence-electron chi connectivity index (χ1n) is 5.95. The minimum absolute atomic E-state index is 0.209. The fourth-order valence-electron chi connectivity index (χ4n) is 2.33. The number of aromatic carboxylic acids is 1. The third-order valence-electron chi connectivity index (χ3n) is 3.23. The van der Waals surface area contributed by atoms with Gasteiger partial charge in [0, 0.05) is 21.7 Å². The monoisotopic (exact) mass is 272 g/mol. The number of nitrogens with zero attached hydrogens (tertiary/aromatic N) is 1. The molecule has 19 heavy (non-hydrogen) atoms. The van der Waals surface area contributed by atoms with Crippen LogP contribution in [0.5, 0.6) is 0 Å². The van der Waals surface area contributed by atoms with Crippen LogP contribution >= 0.6 is 11.3 Å². The van der Waals surface area contributed by atoms with Crippen LogP contribution in [-0.2, 0) is 6.42 Å². The van der Waals surface area contributed by atoms with E-state index in [1.807, 2.05) is 25.1 Å². The van der Waals surface area contributed by atoms with Crippen LogP contribution in [0.15, 0.2) is 24.4 Å². The molecule has 0 saturated heterocycles. The molecule has 4 nitrogen and oxygen atoms in total. The highest BCUT2D eigenvalue weighted by Crippen LogP contribution is 2.40. The minimum Gasteiger partial charge on any atom is -0.477 e. The quantitative estimate of drug-likeness (QED) is 0.750. The van der Waals surface area contributed by atoms with E-state index in [1.54, 1.807) is 6.20 Å². The van der Waals surface area contributed by atoms with E-state index in [0.717, 1.165) is 33.0 Å². The van der Waals surface area contributed by atoms with E-state index >= 15 is 0 Å². The second-order valence-electron chi connectivity index (χ2n) is 4.31. The second kappa shape index (κ2) is 4.20.